The maximum atomic E-state index is 13.0. The van der Waals surface area contributed by atoms with Crippen molar-refractivity contribution in [2.75, 3.05) is 11.9 Å². The van der Waals surface area contributed by atoms with Crippen LogP contribution in [0, 0.1) is 25.7 Å². The van der Waals surface area contributed by atoms with E-state index < -0.39 is 0 Å². The van der Waals surface area contributed by atoms with E-state index in [-0.39, 0.29) is 11.8 Å². The zero-order valence-electron chi connectivity index (χ0n) is 20.7. The fourth-order valence-corrected chi connectivity index (χ4v) is 5.21. The molecule has 0 bridgehead atoms. The molecular weight excluding hydrogens is 470 g/mol. The second-order valence-electron chi connectivity index (χ2n) is 8.99. The molecule has 0 spiro atoms. The molecule has 1 saturated carbocycles. The molecule has 2 N–H and O–H groups in total. The summed E-state index contributed by atoms with van der Waals surface area (Å²) < 4.78 is 1.70. The normalized spacial score (nSPS) is 20.9. The number of carbonyl (C=O) groups excluding carboxylic acids is 1. The number of hydrogen-bond donors (Lipinski definition) is 2. The van der Waals surface area contributed by atoms with Crippen molar-refractivity contribution in [3.8, 4) is 0 Å². The molecule has 2 aliphatic carbocycles. The van der Waals surface area contributed by atoms with Gasteiger partial charge in [-0.2, -0.15) is 9.61 Å². The molecule has 0 unspecified atom stereocenters. The van der Waals surface area contributed by atoms with Gasteiger partial charge in [-0.15, -0.1) is 11.3 Å². The van der Waals surface area contributed by atoms with Crippen LogP contribution >= 0.6 is 11.3 Å². The van der Waals surface area contributed by atoms with Gasteiger partial charge in [0.15, 0.2) is 5.65 Å². The Bertz CT molecular complexity index is 1460. The number of rotatable bonds is 8. The first-order chi connectivity index (χ1) is 17.4. The van der Waals surface area contributed by atoms with Gasteiger partial charge in [-0.3, -0.25) is 9.79 Å². The molecule has 3 heterocycles. The Balaban J connectivity index is 1.22. The van der Waals surface area contributed by atoms with Gasteiger partial charge in [0.1, 0.15) is 11.5 Å². The number of aromatic nitrogens is 4. The second kappa shape index (κ2) is 10.0. The van der Waals surface area contributed by atoms with Crippen LogP contribution in [0.3, 0.4) is 0 Å². The Kier molecular flexibility index (Phi) is 6.65. The van der Waals surface area contributed by atoms with Gasteiger partial charge >= 0.3 is 0 Å². The van der Waals surface area contributed by atoms with Gasteiger partial charge < -0.3 is 10.6 Å². The number of anilines is 1. The standard InChI is InChI=1S/C27H29N7OS/c1-5-19-8-6-7-9-22(19)32-16(2)21-12-20(21)14-29-27(35)23-13-26(34-25(33-23)10-11-30-34)28-15-24-17(3)31-18(4)36-24/h5-11,13,20-21,28H,2,12,14-15H2,1,3-4H3,(H,29,35)/b19-5-,32-22-/t20-,21-/m1/s1. The Labute approximate surface area is 214 Å². The third-order valence-electron chi connectivity index (χ3n) is 6.41. The number of hydrogen-bond acceptors (Lipinski definition) is 7. The summed E-state index contributed by atoms with van der Waals surface area (Å²) >= 11 is 1.66. The maximum absolute atomic E-state index is 13.0. The van der Waals surface area contributed by atoms with Crippen molar-refractivity contribution >= 4 is 34.4 Å². The van der Waals surface area contributed by atoms with E-state index in [1.54, 1.807) is 34.2 Å². The number of amides is 1. The Hall–Kier alpha value is -3.85. The van der Waals surface area contributed by atoms with Gasteiger partial charge in [-0.05, 0) is 44.8 Å². The van der Waals surface area contributed by atoms with E-state index >= 15 is 0 Å². The lowest BCUT2D eigenvalue weighted by molar-refractivity contribution is 0.0946. The van der Waals surface area contributed by atoms with Crippen LogP contribution in [0.2, 0.25) is 0 Å². The monoisotopic (exact) mass is 499 g/mol. The molecule has 0 radical (unpaired) electrons. The highest BCUT2D eigenvalue weighted by Crippen LogP contribution is 2.43. The zero-order chi connectivity index (χ0) is 25.2. The molecule has 1 amide bonds. The molecule has 9 heteroatoms. The van der Waals surface area contributed by atoms with E-state index in [9.17, 15) is 4.79 Å². The number of nitrogens with one attached hydrogen (secondary N) is 2. The summed E-state index contributed by atoms with van der Waals surface area (Å²) in [4.78, 5) is 27.9. The highest BCUT2D eigenvalue weighted by Gasteiger charge is 2.39. The number of nitrogens with zero attached hydrogens (tertiary/aromatic N) is 5. The molecular formula is C27H29N7OS. The summed E-state index contributed by atoms with van der Waals surface area (Å²) in [5.41, 5.74) is 4.87. The van der Waals surface area contributed by atoms with Crippen molar-refractivity contribution in [3.05, 3.63) is 87.8 Å². The predicted molar refractivity (Wildman–Crippen MR) is 144 cm³/mol. The average Bonchev–Trinajstić information content (AvgIpc) is 3.36. The van der Waals surface area contributed by atoms with Crippen LogP contribution in [0.1, 0.15) is 39.4 Å². The Morgan fingerprint density at radius 3 is 2.92 bits per heavy atom. The highest BCUT2D eigenvalue weighted by atomic mass is 32.1. The molecule has 2 atom stereocenters. The molecule has 5 rings (SSSR count). The second-order valence-corrected chi connectivity index (χ2v) is 10.3. The van der Waals surface area contributed by atoms with Crippen LogP contribution in [0.5, 0.6) is 0 Å². The first-order valence-corrected chi connectivity index (χ1v) is 12.8. The predicted octanol–water partition coefficient (Wildman–Crippen LogP) is 4.81. The topological polar surface area (TPSA) is 96.6 Å². The van der Waals surface area contributed by atoms with E-state index in [0.29, 0.717) is 36.2 Å². The van der Waals surface area contributed by atoms with Gasteiger partial charge in [0, 0.05) is 35.2 Å². The fourth-order valence-electron chi connectivity index (χ4n) is 4.33. The first-order valence-electron chi connectivity index (χ1n) is 12.0. The lowest BCUT2D eigenvalue weighted by atomic mass is 10.1. The van der Waals surface area contributed by atoms with Crippen LogP contribution in [0.15, 0.2) is 71.6 Å². The zero-order valence-corrected chi connectivity index (χ0v) is 21.5. The third-order valence-corrected chi connectivity index (χ3v) is 7.48. The van der Waals surface area contributed by atoms with E-state index in [1.807, 2.05) is 51.2 Å². The van der Waals surface area contributed by atoms with E-state index in [0.717, 1.165) is 39.0 Å². The van der Waals surface area contributed by atoms with Gasteiger partial charge in [-0.25, -0.2) is 9.97 Å². The Morgan fingerprint density at radius 1 is 1.31 bits per heavy atom. The molecule has 2 aliphatic rings. The smallest absolute Gasteiger partial charge is 0.270 e. The van der Waals surface area contributed by atoms with Crippen LogP contribution in [0.25, 0.3) is 5.65 Å². The van der Waals surface area contributed by atoms with Gasteiger partial charge in [0.2, 0.25) is 0 Å². The van der Waals surface area contributed by atoms with Crippen LogP contribution in [0.4, 0.5) is 5.82 Å². The number of fused-ring (bicyclic) bond motifs is 1. The largest absolute Gasteiger partial charge is 0.365 e. The van der Waals surface area contributed by atoms with Crippen molar-refractivity contribution in [1.82, 2.24) is 24.9 Å². The summed E-state index contributed by atoms with van der Waals surface area (Å²) in [6.07, 6.45) is 12.7. The van der Waals surface area contributed by atoms with Crippen LogP contribution in [-0.2, 0) is 6.54 Å². The Morgan fingerprint density at radius 2 is 2.14 bits per heavy atom. The van der Waals surface area contributed by atoms with E-state index in [2.05, 4.69) is 32.3 Å². The van der Waals surface area contributed by atoms with E-state index in [1.165, 1.54) is 0 Å². The molecule has 0 aromatic carbocycles. The molecule has 1 fully saturated rings. The van der Waals surface area contributed by atoms with Gasteiger partial charge in [0.05, 0.1) is 29.2 Å². The maximum Gasteiger partial charge on any atom is 0.270 e. The van der Waals surface area contributed by atoms with Gasteiger partial charge in [0.25, 0.3) is 5.91 Å². The summed E-state index contributed by atoms with van der Waals surface area (Å²) in [5.74, 6) is 1.12. The molecule has 0 saturated heterocycles. The number of thiazole rings is 1. The highest BCUT2D eigenvalue weighted by molar-refractivity contribution is 7.11. The molecule has 184 valence electrons. The minimum Gasteiger partial charge on any atom is -0.365 e. The minimum atomic E-state index is -0.203. The lowest BCUT2D eigenvalue weighted by Crippen LogP contribution is -2.27. The number of aryl methyl sites for hydroxylation is 2. The SMILES string of the molecule is C=C(/N=C1/C=CC=C/C1=C/C)[C@H]1C[C@@H]1CNC(=O)c1cc(NCc2sc(C)nc2C)n2nccc2n1. The number of carbonyl (C=O) groups is 1. The van der Waals surface area contributed by atoms with Crippen molar-refractivity contribution in [3.63, 3.8) is 0 Å². The summed E-state index contributed by atoms with van der Waals surface area (Å²) in [5, 5.41) is 11.8. The summed E-state index contributed by atoms with van der Waals surface area (Å²) in [7, 11) is 0. The van der Waals surface area contributed by atoms with E-state index in [4.69, 9.17) is 4.99 Å². The average molecular weight is 500 g/mol. The van der Waals surface area contributed by atoms with Crippen molar-refractivity contribution in [2.24, 2.45) is 16.8 Å². The molecule has 3 aromatic rings. The van der Waals surface area contributed by atoms with Crippen molar-refractivity contribution in [2.45, 2.75) is 33.7 Å². The number of aliphatic imine (C=N–C) groups is 1. The third kappa shape index (κ3) is 5.06. The molecule has 0 aliphatic heterocycles. The summed E-state index contributed by atoms with van der Waals surface area (Å²) in [6, 6.07) is 3.54. The number of allylic oxidation sites excluding steroid dienone is 7. The molecule has 8 nitrogen and oxygen atoms in total. The first kappa shape index (κ1) is 23.9. The van der Waals surface area contributed by atoms with Gasteiger partial charge in [-0.1, -0.05) is 30.9 Å². The molecule has 3 aromatic heterocycles. The van der Waals surface area contributed by atoms with Crippen LogP contribution in [-0.4, -0.2) is 37.7 Å². The minimum absolute atomic E-state index is 0.203. The van der Waals surface area contributed by atoms with Crippen molar-refractivity contribution < 1.29 is 4.79 Å². The fraction of sp³-hybridized carbons (Fsp3) is 0.296. The van der Waals surface area contributed by atoms with Crippen LogP contribution < -0.4 is 10.6 Å². The molecule has 36 heavy (non-hydrogen) atoms. The summed E-state index contributed by atoms with van der Waals surface area (Å²) in [6.45, 7) is 11.4. The van der Waals surface area contributed by atoms with Crippen molar-refractivity contribution in [1.29, 1.82) is 0 Å². The lowest BCUT2D eigenvalue weighted by Gasteiger charge is -2.11. The quantitative estimate of drug-likeness (QED) is 0.464.